The Kier molecular flexibility index (Phi) is 3.81. The SMILES string of the molecule is COCCC(C)(CN)N1CCn2ccnc2C1. The minimum absolute atomic E-state index is 0.00715. The lowest BCUT2D eigenvalue weighted by atomic mass is 9.95. The van der Waals surface area contributed by atoms with E-state index in [0.29, 0.717) is 6.54 Å². The molecule has 0 radical (unpaired) electrons. The normalized spacial score (nSPS) is 19.9. The maximum Gasteiger partial charge on any atom is 0.122 e. The average molecular weight is 238 g/mol. The molecule has 1 atom stereocenters. The van der Waals surface area contributed by atoms with E-state index in [-0.39, 0.29) is 5.54 Å². The van der Waals surface area contributed by atoms with Crippen molar-refractivity contribution in [2.75, 3.05) is 26.8 Å². The first-order valence-electron chi connectivity index (χ1n) is 6.14. The van der Waals surface area contributed by atoms with Crippen LogP contribution in [0.5, 0.6) is 0 Å². The van der Waals surface area contributed by atoms with Gasteiger partial charge in [0.15, 0.2) is 0 Å². The number of imidazole rings is 1. The van der Waals surface area contributed by atoms with Gasteiger partial charge in [0.2, 0.25) is 0 Å². The van der Waals surface area contributed by atoms with E-state index in [9.17, 15) is 0 Å². The molecular weight excluding hydrogens is 216 g/mol. The van der Waals surface area contributed by atoms with Gasteiger partial charge in [0.25, 0.3) is 0 Å². The summed E-state index contributed by atoms with van der Waals surface area (Å²) in [5.74, 6) is 1.13. The predicted octanol–water partition coefficient (Wildman–Crippen LogP) is 0.453. The molecule has 1 aliphatic heterocycles. The van der Waals surface area contributed by atoms with E-state index in [2.05, 4.69) is 21.4 Å². The van der Waals surface area contributed by atoms with Crippen LogP contribution in [0.3, 0.4) is 0 Å². The van der Waals surface area contributed by atoms with Gasteiger partial charge in [0.05, 0.1) is 6.54 Å². The standard InChI is InChI=1S/C12H22N4O/c1-12(10-13,3-8-17-2)16-7-6-15-5-4-14-11(15)9-16/h4-5H,3,6-10,13H2,1-2H3. The van der Waals surface area contributed by atoms with Crippen LogP contribution >= 0.6 is 0 Å². The molecule has 0 aromatic carbocycles. The maximum atomic E-state index is 5.95. The summed E-state index contributed by atoms with van der Waals surface area (Å²) in [4.78, 5) is 6.81. The molecule has 1 aromatic heterocycles. The second-order valence-corrected chi connectivity index (χ2v) is 4.90. The summed E-state index contributed by atoms with van der Waals surface area (Å²) in [7, 11) is 1.74. The van der Waals surface area contributed by atoms with Gasteiger partial charge >= 0.3 is 0 Å². The highest BCUT2D eigenvalue weighted by Crippen LogP contribution is 2.23. The van der Waals surface area contributed by atoms with Gasteiger partial charge in [0, 0.05) is 51.3 Å². The van der Waals surface area contributed by atoms with Crippen LogP contribution in [-0.2, 0) is 17.8 Å². The summed E-state index contributed by atoms with van der Waals surface area (Å²) < 4.78 is 7.39. The molecule has 0 amide bonds. The molecule has 0 saturated carbocycles. The zero-order valence-electron chi connectivity index (χ0n) is 10.7. The molecule has 0 bridgehead atoms. The maximum absolute atomic E-state index is 5.95. The molecule has 96 valence electrons. The Bertz CT molecular complexity index is 365. The first-order chi connectivity index (χ1) is 8.19. The minimum Gasteiger partial charge on any atom is -0.385 e. The van der Waals surface area contributed by atoms with Crippen LogP contribution in [-0.4, -0.2) is 46.8 Å². The van der Waals surface area contributed by atoms with Crippen molar-refractivity contribution in [1.29, 1.82) is 0 Å². The van der Waals surface area contributed by atoms with Crippen molar-refractivity contribution in [2.45, 2.75) is 32.0 Å². The molecule has 0 aliphatic carbocycles. The minimum atomic E-state index is 0.00715. The number of nitrogens with two attached hydrogens (primary N) is 1. The Morgan fingerprint density at radius 1 is 1.53 bits per heavy atom. The van der Waals surface area contributed by atoms with Crippen molar-refractivity contribution in [3.63, 3.8) is 0 Å². The van der Waals surface area contributed by atoms with Gasteiger partial charge in [-0.05, 0) is 13.3 Å². The van der Waals surface area contributed by atoms with Crippen molar-refractivity contribution in [1.82, 2.24) is 14.5 Å². The van der Waals surface area contributed by atoms with Crippen LogP contribution in [0, 0.1) is 0 Å². The monoisotopic (exact) mass is 238 g/mol. The van der Waals surface area contributed by atoms with Gasteiger partial charge in [-0.15, -0.1) is 0 Å². The second-order valence-electron chi connectivity index (χ2n) is 4.90. The predicted molar refractivity (Wildman–Crippen MR) is 66.6 cm³/mol. The lowest BCUT2D eigenvalue weighted by Gasteiger charge is -2.42. The van der Waals surface area contributed by atoms with Crippen molar-refractivity contribution in [3.8, 4) is 0 Å². The summed E-state index contributed by atoms with van der Waals surface area (Å²) in [5, 5.41) is 0. The van der Waals surface area contributed by atoms with E-state index in [1.54, 1.807) is 7.11 Å². The number of nitrogens with zero attached hydrogens (tertiary/aromatic N) is 3. The lowest BCUT2D eigenvalue weighted by Crippen LogP contribution is -2.54. The lowest BCUT2D eigenvalue weighted by molar-refractivity contribution is 0.0460. The molecule has 2 heterocycles. The van der Waals surface area contributed by atoms with Gasteiger partial charge in [-0.3, -0.25) is 4.90 Å². The molecule has 0 saturated heterocycles. The molecule has 1 unspecified atom stereocenters. The van der Waals surface area contributed by atoms with Gasteiger partial charge in [-0.2, -0.15) is 0 Å². The van der Waals surface area contributed by atoms with Crippen molar-refractivity contribution < 1.29 is 4.74 Å². The molecule has 5 heteroatoms. The van der Waals surface area contributed by atoms with Gasteiger partial charge in [-0.1, -0.05) is 0 Å². The van der Waals surface area contributed by atoms with Gasteiger partial charge < -0.3 is 15.0 Å². The smallest absolute Gasteiger partial charge is 0.122 e. The third kappa shape index (κ3) is 2.51. The fourth-order valence-corrected chi connectivity index (χ4v) is 2.35. The van der Waals surface area contributed by atoms with Gasteiger partial charge in [0.1, 0.15) is 5.82 Å². The first-order valence-corrected chi connectivity index (χ1v) is 6.14. The van der Waals surface area contributed by atoms with E-state index in [0.717, 1.165) is 38.5 Å². The highest BCUT2D eigenvalue weighted by Gasteiger charge is 2.32. The van der Waals surface area contributed by atoms with Crippen LogP contribution in [0.2, 0.25) is 0 Å². The Morgan fingerprint density at radius 2 is 2.35 bits per heavy atom. The summed E-state index contributed by atoms with van der Waals surface area (Å²) in [6, 6.07) is 0. The van der Waals surface area contributed by atoms with Crippen molar-refractivity contribution >= 4 is 0 Å². The quantitative estimate of drug-likeness (QED) is 0.809. The van der Waals surface area contributed by atoms with E-state index >= 15 is 0 Å². The van der Waals surface area contributed by atoms with Crippen LogP contribution in [0.4, 0.5) is 0 Å². The van der Waals surface area contributed by atoms with Crippen LogP contribution in [0.15, 0.2) is 12.4 Å². The van der Waals surface area contributed by atoms with E-state index in [1.807, 2.05) is 12.4 Å². The average Bonchev–Trinajstić information content (AvgIpc) is 2.83. The second kappa shape index (κ2) is 5.16. The van der Waals surface area contributed by atoms with E-state index in [1.165, 1.54) is 0 Å². The molecule has 0 fully saturated rings. The zero-order valence-corrected chi connectivity index (χ0v) is 10.7. The fraction of sp³-hybridized carbons (Fsp3) is 0.750. The molecule has 1 aliphatic rings. The number of hydrogen-bond donors (Lipinski definition) is 1. The number of ether oxygens (including phenoxy) is 1. The topological polar surface area (TPSA) is 56.3 Å². The Labute approximate surface area is 103 Å². The molecule has 2 rings (SSSR count). The van der Waals surface area contributed by atoms with Crippen molar-refractivity contribution in [3.05, 3.63) is 18.2 Å². The Balaban J connectivity index is 2.07. The Morgan fingerprint density at radius 3 is 3.06 bits per heavy atom. The summed E-state index contributed by atoms with van der Waals surface area (Å²) in [6.45, 7) is 6.52. The molecule has 0 spiro atoms. The number of aromatic nitrogens is 2. The highest BCUT2D eigenvalue weighted by atomic mass is 16.5. The number of methoxy groups -OCH3 is 1. The molecular formula is C12H22N4O. The highest BCUT2D eigenvalue weighted by molar-refractivity contribution is 4.99. The van der Waals surface area contributed by atoms with E-state index < -0.39 is 0 Å². The largest absolute Gasteiger partial charge is 0.385 e. The molecule has 1 aromatic rings. The van der Waals surface area contributed by atoms with Crippen molar-refractivity contribution in [2.24, 2.45) is 5.73 Å². The summed E-state index contributed by atoms with van der Waals surface area (Å²) >= 11 is 0. The van der Waals surface area contributed by atoms with E-state index in [4.69, 9.17) is 10.5 Å². The summed E-state index contributed by atoms with van der Waals surface area (Å²) in [6.07, 6.45) is 4.87. The van der Waals surface area contributed by atoms with Crippen LogP contribution < -0.4 is 5.73 Å². The third-order valence-corrected chi connectivity index (χ3v) is 3.79. The van der Waals surface area contributed by atoms with Gasteiger partial charge in [-0.25, -0.2) is 4.98 Å². The Hall–Kier alpha value is -0.910. The molecule has 5 nitrogen and oxygen atoms in total. The number of rotatable bonds is 5. The molecule has 17 heavy (non-hydrogen) atoms. The fourth-order valence-electron chi connectivity index (χ4n) is 2.35. The third-order valence-electron chi connectivity index (χ3n) is 3.79. The first kappa shape index (κ1) is 12.5. The number of hydrogen-bond acceptors (Lipinski definition) is 4. The van der Waals surface area contributed by atoms with Crippen LogP contribution in [0.1, 0.15) is 19.2 Å². The summed E-state index contributed by atoms with van der Waals surface area (Å²) in [5.41, 5.74) is 5.96. The number of fused-ring (bicyclic) bond motifs is 1. The van der Waals surface area contributed by atoms with Crippen LogP contribution in [0.25, 0.3) is 0 Å². The molecule has 2 N–H and O–H groups in total. The zero-order chi connectivity index (χ0) is 12.3.